The van der Waals surface area contributed by atoms with E-state index < -0.39 is 0 Å². The Bertz CT molecular complexity index is 183. The Morgan fingerprint density at radius 2 is 1.91 bits per heavy atom. The second-order valence-electron chi connectivity index (χ2n) is 5.20. The first-order chi connectivity index (χ1) is 4.97. The highest BCUT2D eigenvalue weighted by Crippen LogP contribution is 2.65. The van der Waals surface area contributed by atoms with Gasteiger partial charge in [-0.05, 0) is 36.0 Å². The van der Waals surface area contributed by atoms with E-state index in [1.807, 2.05) is 0 Å². The van der Waals surface area contributed by atoms with Gasteiger partial charge in [0.15, 0.2) is 0 Å². The Kier molecular flexibility index (Phi) is 1.26. The molecule has 1 unspecified atom stereocenters. The maximum absolute atomic E-state index is 9.72. The lowest BCUT2D eigenvalue weighted by atomic mass is 9.71. The fourth-order valence-electron chi connectivity index (χ4n) is 3.25. The van der Waals surface area contributed by atoms with E-state index in [2.05, 4.69) is 20.8 Å². The summed E-state index contributed by atoms with van der Waals surface area (Å²) in [6, 6.07) is 0. The van der Waals surface area contributed by atoms with Crippen LogP contribution in [0.5, 0.6) is 0 Å². The molecule has 0 aromatic heterocycles. The zero-order valence-electron chi connectivity index (χ0n) is 7.72. The Hall–Kier alpha value is -0.0400. The van der Waals surface area contributed by atoms with Crippen molar-refractivity contribution < 1.29 is 5.11 Å². The molecule has 0 aliphatic heterocycles. The van der Waals surface area contributed by atoms with Gasteiger partial charge in [0.1, 0.15) is 0 Å². The molecule has 2 bridgehead atoms. The monoisotopic (exact) mass is 154 g/mol. The van der Waals surface area contributed by atoms with Crippen molar-refractivity contribution in [3.63, 3.8) is 0 Å². The molecular formula is C10H18O. The molecule has 2 aliphatic rings. The molecule has 1 N–H and O–H groups in total. The van der Waals surface area contributed by atoms with E-state index in [4.69, 9.17) is 0 Å². The average Bonchev–Trinajstić information content (AvgIpc) is 2.13. The number of rotatable bonds is 0. The molecule has 0 aromatic rings. The van der Waals surface area contributed by atoms with Crippen LogP contribution in [-0.4, -0.2) is 11.2 Å². The van der Waals surface area contributed by atoms with Crippen LogP contribution in [0.3, 0.4) is 0 Å². The highest BCUT2D eigenvalue weighted by molar-refractivity contribution is 5.09. The summed E-state index contributed by atoms with van der Waals surface area (Å²) in [5.41, 5.74) is 0.809. The quantitative estimate of drug-likeness (QED) is 0.567. The van der Waals surface area contributed by atoms with E-state index in [0.29, 0.717) is 16.7 Å². The van der Waals surface area contributed by atoms with Crippen LogP contribution in [0.4, 0.5) is 0 Å². The normalized spacial score (nSPS) is 53.5. The van der Waals surface area contributed by atoms with Crippen molar-refractivity contribution in [3.05, 3.63) is 0 Å². The van der Waals surface area contributed by atoms with Crippen LogP contribution < -0.4 is 0 Å². The molecule has 0 saturated heterocycles. The van der Waals surface area contributed by atoms with Gasteiger partial charge in [0, 0.05) is 0 Å². The summed E-state index contributed by atoms with van der Waals surface area (Å²) in [4.78, 5) is 0. The molecule has 0 heterocycles. The summed E-state index contributed by atoms with van der Waals surface area (Å²) in [6.07, 6.45) is 3.58. The SMILES string of the molecule is CC1(C)[C@@H]2CC[C@@]1(C)CC2O. The van der Waals surface area contributed by atoms with Crippen molar-refractivity contribution in [2.24, 2.45) is 16.7 Å². The molecule has 0 radical (unpaired) electrons. The molecule has 1 nitrogen and oxygen atoms in total. The molecule has 2 rings (SSSR count). The van der Waals surface area contributed by atoms with E-state index in [9.17, 15) is 5.11 Å². The largest absolute Gasteiger partial charge is 0.393 e. The maximum Gasteiger partial charge on any atom is 0.0579 e. The fourth-order valence-corrected chi connectivity index (χ4v) is 3.25. The Labute approximate surface area is 68.8 Å². The number of aliphatic hydroxyl groups is 1. The second kappa shape index (κ2) is 1.82. The van der Waals surface area contributed by atoms with Gasteiger partial charge in [-0.2, -0.15) is 0 Å². The molecule has 11 heavy (non-hydrogen) atoms. The van der Waals surface area contributed by atoms with Gasteiger partial charge < -0.3 is 5.11 Å². The molecule has 2 fully saturated rings. The molecule has 3 atom stereocenters. The summed E-state index contributed by atoms with van der Waals surface area (Å²) in [5, 5.41) is 9.72. The van der Waals surface area contributed by atoms with Crippen molar-refractivity contribution in [2.45, 2.75) is 46.1 Å². The summed E-state index contributed by atoms with van der Waals surface area (Å²) >= 11 is 0. The second-order valence-corrected chi connectivity index (χ2v) is 5.20. The van der Waals surface area contributed by atoms with Crippen LogP contribution in [-0.2, 0) is 0 Å². The third kappa shape index (κ3) is 0.703. The van der Waals surface area contributed by atoms with E-state index in [1.54, 1.807) is 0 Å². The molecule has 0 amide bonds. The van der Waals surface area contributed by atoms with Crippen molar-refractivity contribution in [1.29, 1.82) is 0 Å². The van der Waals surface area contributed by atoms with Gasteiger partial charge in [0.25, 0.3) is 0 Å². The summed E-state index contributed by atoms with van der Waals surface area (Å²) in [6.45, 7) is 6.98. The highest BCUT2D eigenvalue weighted by atomic mass is 16.3. The predicted octanol–water partition coefficient (Wildman–Crippen LogP) is 2.19. The minimum atomic E-state index is -0.0104. The van der Waals surface area contributed by atoms with Crippen LogP contribution >= 0.6 is 0 Å². The molecule has 1 heteroatoms. The Balaban J connectivity index is 2.37. The average molecular weight is 154 g/mol. The van der Waals surface area contributed by atoms with E-state index in [-0.39, 0.29) is 6.10 Å². The number of hydrogen-bond donors (Lipinski definition) is 1. The lowest BCUT2D eigenvalue weighted by Gasteiger charge is -2.33. The van der Waals surface area contributed by atoms with Gasteiger partial charge in [-0.3, -0.25) is 0 Å². The summed E-state index contributed by atoms with van der Waals surface area (Å²) in [5.74, 6) is 0.576. The number of hydrogen-bond acceptors (Lipinski definition) is 1. The lowest BCUT2D eigenvalue weighted by Crippen LogP contribution is -2.26. The molecule has 0 aromatic carbocycles. The van der Waals surface area contributed by atoms with Crippen LogP contribution in [0, 0.1) is 16.7 Å². The van der Waals surface area contributed by atoms with Gasteiger partial charge in [-0.25, -0.2) is 0 Å². The number of aliphatic hydroxyl groups excluding tert-OH is 1. The smallest absolute Gasteiger partial charge is 0.0579 e. The first kappa shape index (κ1) is 7.60. The minimum Gasteiger partial charge on any atom is -0.393 e. The molecule has 2 saturated carbocycles. The molecule has 64 valence electrons. The van der Waals surface area contributed by atoms with Crippen LogP contribution in [0.15, 0.2) is 0 Å². The summed E-state index contributed by atoms with van der Waals surface area (Å²) in [7, 11) is 0. The van der Waals surface area contributed by atoms with Crippen LogP contribution in [0.25, 0.3) is 0 Å². The first-order valence-corrected chi connectivity index (χ1v) is 4.65. The first-order valence-electron chi connectivity index (χ1n) is 4.65. The molecular weight excluding hydrogens is 136 g/mol. The zero-order chi connectivity index (χ0) is 8.28. The van der Waals surface area contributed by atoms with Gasteiger partial charge in [0.05, 0.1) is 6.10 Å². The van der Waals surface area contributed by atoms with Gasteiger partial charge in [-0.15, -0.1) is 0 Å². The third-order valence-corrected chi connectivity index (χ3v) is 4.61. The van der Waals surface area contributed by atoms with Gasteiger partial charge in [0.2, 0.25) is 0 Å². The molecule has 2 aliphatic carbocycles. The maximum atomic E-state index is 9.72. The summed E-state index contributed by atoms with van der Waals surface area (Å²) < 4.78 is 0. The zero-order valence-corrected chi connectivity index (χ0v) is 7.72. The van der Waals surface area contributed by atoms with Crippen molar-refractivity contribution in [3.8, 4) is 0 Å². The Morgan fingerprint density at radius 3 is 2.09 bits per heavy atom. The topological polar surface area (TPSA) is 20.2 Å². The van der Waals surface area contributed by atoms with Crippen molar-refractivity contribution in [2.75, 3.05) is 0 Å². The van der Waals surface area contributed by atoms with Crippen LogP contribution in [0.2, 0.25) is 0 Å². The van der Waals surface area contributed by atoms with Gasteiger partial charge in [-0.1, -0.05) is 20.8 Å². The van der Waals surface area contributed by atoms with Crippen molar-refractivity contribution >= 4 is 0 Å². The third-order valence-electron chi connectivity index (χ3n) is 4.61. The predicted molar refractivity (Wildman–Crippen MR) is 45.2 cm³/mol. The molecule has 0 spiro atoms. The standard InChI is InChI=1S/C10H18O/c1-9(2)7-4-5-10(9,3)6-8(7)11/h7-8,11H,4-6H2,1-3H3/t7-,8?,10+/m1/s1. The van der Waals surface area contributed by atoms with E-state index in [0.717, 1.165) is 6.42 Å². The van der Waals surface area contributed by atoms with E-state index >= 15 is 0 Å². The highest BCUT2D eigenvalue weighted by Gasteiger charge is 2.59. The van der Waals surface area contributed by atoms with Gasteiger partial charge >= 0.3 is 0 Å². The van der Waals surface area contributed by atoms with Crippen LogP contribution in [0.1, 0.15) is 40.0 Å². The van der Waals surface area contributed by atoms with Crippen molar-refractivity contribution in [1.82, 2.24) is 0 Å². The number of fused-ring (bicyclic) bond motifs is 2. The lowest BCUT2D eigenvalue weighted by molar-refractivity contribution is 0.0941. The fraction of sp³-hybridized carbons (Fsp3) is 1.00. The van der Waals surface area contributed by atoms with E-state index in [1.165, 1.54) is 12.8 Å². The minimum absolute atomic E-state index is 0.0104. The Morgan fingerprint density at radius 1 is 1.27 bits per heavy atom.